The Morgan fingerprint density at radius 1 is 1.71 bits per heavy atom. The molecule has 78 valence electrons. The summed E-state index contributed by atoms with van der Waals surface area (Å²) in [6, 6.07) is 0. The molecular weight excluding hydrogens is 184 g/mol. The highest BCUT2D eigenvalue weighted by atomic mass is 16.6. The zero-order valence-corrected chi connectivity index (χ0v) is 8.05. The average molecular weight is 198 g/mol. The number of rotatable bonds is 3. The fraction of sp³-hybridized carbons (Fsp3) is 0.500. The molecule has 0 saturated carbocycles. The maximum Gasteiger partial charge on any atom is 0.302 e. The lowest BCUT2D eigenvalue weighted by molar-refractivity contribution is -0.146. The minimum absolute atomic E-state index is 0.170. The standard InChI is InChI=1S/C10H14O4/c1-3-10-9(12)5-4-8(14-10)6-13-7(2)11/h3-5,8-10,12H,1,6H2,2H3/t8-,9+,10+/m0/s1. The van der Waals surface area contributed by atoms with Gasteiger partial charge in [0.25, 0.3) is 0 Å². The summed E-state index contributed by atoms with van der Waals surface area (Å²) >= 11 is 0. The monoisotopic (exact) mass is 198 g/mol. The van der Waals surface area contributed by atoms with Crippen molar-refractivity contribution in [2.45, 2.75) is 25.2 Å². The lowest BCUT2D eigenvalue weighted by Crippen LogP contribution is -2.35. The van der Waals surface area contributed by atoms with Crippen molar-refractivity contribution in [1.82, 2.24) is 0 Å². The van der Waals surface area contributed by atoms with E-state index < -0.39 is 12.2 Å². The number of aliphatic hydroxyl groups is 1. The van der Waals surface area contributed by atoms with Crippen molar-refractivity contribution in [2.24, 2.45) is 0 Å². The van der Waals surface area contributed by atoms with Crippen molar-refractivity contribution in [3.05, 3.63) is 24.8 Å². The van der Waals surface area contributed by atoms with Crippen LogP contribution in [0.1, 0.15) is 6.92 Å². The Labute approximate surface area is 82.8 Å². The van der Waals surface area contributed by atoms with Gasteiger partial charge in [-0.15, -0.1) is 6.58 Å². The quantitative estimate of drug-likeness (QED) is 0.527. The van der Waals surface area contributed by atoms with E-state index in [1.54, 1.807) is 12.2 Å². The number of carbonyl (C=O) groups is 1. The van der Waals surface area contributed by atoms with E-state index in [-0.39, 0.29) is 18.7 Å². The number of hydrogen-bond donors (Lipinski definition) is 1. The molecule has 0 unspecified atom stereocenters. The van der Waals surface area contributed by atoms with E-state index in [0.29, 0.717) is 0 Å². The summed E-state index contributed by atoms with van der Waals surface area (Å²) in [7, 11) is 0. The van der Waals surface area contributed by atoms with Crippen LogP contribution >= 0.6 is 0 Å². The minimum Gasteiger partial charge on any atom is -0.463 e. The van der Waals surface area contributed by atoms with Gasteiger partial charge < -0.3 is 14.6 Å². The first kappa shape index (κ1) is 10.9. The van der Waals surface area contributed by atoms with Crippen LogP contribution in [0, 0.1) is 0 Å². The van der Waals surface area contributed by atoms with Crippen LogP contribution < -0.4 is 0 Å². The molecule has 0 radical (unpaired) electrons. The normalized spacial score (nSPS) is 31.1. The van der Waals surface area contributed by atoms with E-state index >= 15 is 0 Å². The summed E-state index contributed by atoms with van der Waals surface area (Å²) in [5.41, 5.74) is 0. The van der Waals surface area contributed by atoms with Crippen LogP contribution in [0.2, 0.25) is 0 Å². The fourth-order valence-corrected chi connectivity index (χ4v) is 1.16. The van der Waals surface area contributed by atoms with E-state index in [4.69, 9.17) is 9.47 Å². The Morgan fingerprint density at radius 3 is 3.00 bits per heavy atom. The molecule has 1 N–H and O–H groups in total. The maximum absolute atomic E-state index is 10.5. The van der Waals surface area contributed by atoms with E-state index in [2.05, 4.69) is 6.58 Å². The predicted octanol–water partition coefficient (Wildman–Crippen LogP) is 0.420. The number of esters is 1. The van der Waals surface area contributed by atoms with E-state index in [9.17, 15) is 9.90 Å². The second kappa shape index (κ2) is 4.93. The van der Waals surface area contributed by atoms with Gasteiger partial charge in [-0.1, -0.05) is 18.2 Å². The Hall–Kier alpha value is -1.13. The Morgan fingerprint density at radius 2 is 2.43 bits per heavy atom. The third-order valence-electron chi connectivity index (χ3n) is 1.87. The highest BCUT2D eigenvalue weighted by Crippen LogP contribution is 2.14. The SMILES string of the molecule is C=C[C@H]1O[C@H](COC(C)=O)C=C[C@H]1O. The molecule has 4 nitrogen and oxygen atoms in total. The van der Waals surface area contributed by atoms with Gasteiger partial charge in [-0.25, -0.2) is 0 Å². The molecule has 0 saturated heterocycles. The summed E-state index contributed by atoms with van der Waals surface area (Å²) in [4.78, 5) is 10.5. The van der Waals surface area contributed by atoms with Gasteiger partial charge >= 0.3 is 5.97 Å². The zero-order chi connectivity index (χ0) is 10.6. The van der Waals surface area contributed by atoms with Crippen LogP contribution in [-0.2, 0) is 14.3 Å². The van der Waals surface area contributed by atoms with Crippen molar-refractivity contribution in [3.8, 4) is 0 Å². The van der Waals surface area contributed by atoms with Crippen molar-refractivity contribution in [3.63, 3.8) is 0 Å². The number of carbonyl (C=O) groups excluding carboxylic acids is 1. The fourth-order valence-electron chi connectivity index (χ4n) is 1.16. The van der Waals surface area contributed by atoms with Gasteiger partial charge in [0, 0.05) is 6.92 Å². The van der Waals surface area contributed by atoms with Gasteiger partial charge in [0.15, 0.2) is 0 Å². The summed E-state index contributed by atoms with van der Waals surface area (Å²) < 4.78 is 10.1. The number of aliphatic hydroxyl groups excluding tert-OH is 1. The molecule has 0 amide bonds. The van der Waals surface area contributed by atoms with E-state index in [0.717, 1.165) is 0 Å². The van der Waals surface area contributed by atoms with Crippen LogP contribution in [0.4, 0.5) is 0 Å². The van der Waals surface area contributed by atoms with Gasteiger partial charge in [0.2, 0.25) is 0 Å². The van der Waals surface area contributed by atoms with Gasteiger partial charge in [0.1, 0.15) is 24.9 Å². The van der Waals surface area contributed by atoms with Crippen LogP contribution in [0.3, 0.4) is 0 Å². The molecule has 1 aliphatic heterocycles. The van der Waals surface area contributed by atoms with Crippen molar-refractivity contribution in [1.29, 1.82) is 0 Å². The van der Waals surface area contributed by atoms with Gasteiger partial charge in [-0.2, -0.15) is 0 Å². The molecule has 0 spiro atoms. The highest BCUT2D eigenvalue weighted by Gasteiger charge is 2.23. The molecule has 0 aromatic heterocycles. The lowest BCUT2D eigenvalue weighted by Gasteiger charge is -2.26. The molecule has 0 fully saturated rings. The van der Waals surface area contributed by atoms with Crippen LogP contribution in [0.5, 0.6) is 0 Å². The van der Waals surface area contributed by atoms with Crippen molar-refractivity contribution < 1.29 is 19.4 Å². The molecule has 14 heavy (non-hydrogen) atoms. The second-order valence-corrected chi connectivity index (χ2v) is 3.05. The van der Waals surface area contributed by atoms with Gasteiger partial charge in [0.05, 0.1) is 0 Å². The van der Waals surface area contributed by atoms with Gasteiger partial charge in [-0.05, 0) is 0 Å². The van der Waals surface area contributed by atoms with Crippen molar-refractivity contribution in [2.75, 3.05) is 6.61 Å². The molecule has 1 aliphatic rings. The zero-order valence-electron chi connectivity index (χ0n) is 8.05. The highest BCUT2D eigenvalue weighted by molar-refractivity contribution is 5.65. The van der Waals surface area contributed by atoms with Crippen LogP contribution in [0.25, 0.3) is 0 Å². The molecule has 1 rings (SSSR count). The number of ether oxygens (including phenoxy) is 2. The molecule has 4 heteroatoms. The Balaban J connectivity index is 2.45. The summed E-state index contributed by atoms with van der Waals surface area (Å²) in [5.74, 6) is -0.344. The molecule has 0 aromatic rings. The maximum atomic E-state index is 10.5. The summed E-state index contributed by atoms with van der Waals surface area (Å²) in [6.45, 7) is 5.05. The minimum atomic E-state index is -0.666. The topological polar surface area (TPSA) is 55.8 Å². The third kappa shape index (κ3) is 2.97. The largest absolute Gasteiger partial charge is 0.463 e. The smallest absolute Gasteiger partial charge is 0.302 e. The second-order valence-electron chi connectivity index (χ2n) is 3.05. The molecule has 0 bridgehead atoms. The average Bonchev–Trinajstić information content (AvgIpc) is 2.16. The first-order chi connectivity index (χ1) is 6.63. The molecular formula is C10H14O4. The first-order valence-corrected chi connectivity index (χ1v) is 4.41. The molecule has 0 aromatic carbocycles. The number of hydrogen-bond acceptors (Lipinski definition) is 4. The third-order valence-corrected chi connectivity index (χ3v) is 1.87. The predicted molar refractivity (Wildman–Crippen MR) is 50.6 cm³/mol. The van der Waals surface area contributed by atoms with Gasteiger partial charge in [-0.3, -0.25) is 4.79 Å². The van der Waals surface area contributed by atoms with Crippen LogP contribution in [0.15, 0.2) is 24.8 Å². The van der Waals surface area contributed by atoms with Crippen LogP contribution in [-0.4, -0.2) is 36.0 Å². The molecule has 1 heterocycles. The molecule has 0 aliphatic carbocycles. The Kier molecular flexibility index (Phi) is 3.85. The summed E-state index contributed by atoms with van der Waals surface area (Å²) in [5, 5.41) is 9.37. The summed E-state index contributed by atoms with van der Waals surface area (Å²) in [6.07, 6.45) is 3.42. The Bertz CT molecular complexity index is 247. The first-order valence-electron chi connectivity index (χ1n) is 4.41. The van der Waals surface area contributed by atoms with E-state index in [1.807, 2.05) is 0 Å². The lowest BCUT2D eigenvalue weighted by atomic mass is 10.1. The van der Waals surface area contributed by atoms with Crippen molar-refractivity contribution >= 4 is 5.97 Å². The van der Waals surface area contributed by atoms with E-state index in [1.165, 1.54) is 13.0 Å². The molecule has 3 atom stereocenters.